The van der Waals surface area contributed by atoms with E-state index < -0.39 is 17.9 Å². The predicted octanol–water partition coefficient (Wildman–Crippen LogP) is 0.445. The van der Waals surface area contributed by atoms with Gasteiger partial charge in [0.2, 0.25) is 11.8 Å². The molecule has 0 bridgehead atoms. The summed E-state index contributed by atoms with van der Waals surface area (Å²) in [5.41, 5.74) is 13.4. The van der Waals surface area contributed by atoms with Crippen molar-refractivity contribution < 1.29 is 9.59 Å². The van der Waals surface area contributed by atoms with E-state index in [0.717, 1.165) is 11.1 Å². The van der Waals surface area contributed by atoms with Crippen molar-refractivity contribution in [1.29, 1.82) is 0 Å². The zero-order valence-electron chi connectivity index (χ0n) is 9.99. The van der Waals surface area contributed by atoms with Crippen LogP contribution in [0, 0.1) is 13.8 Å². The second-order valence-electron chi connectivity index (χ2n) is 4.07. The zero-order valence-corrected chi connectivity index (χ0v) is 9.99. The Hall–Kier alpha value is -1.88. The first kappa shape index (κ1) is 13.2. The van der Waals surface area contributed by atoms with E-state index in [1.54, 1.807) is 6.07 Å². The number of amides is 2. The maximum Gasteiger partial charge on any atom is 0.241 e. The van der Waals surface area contributed by atoms with Crippen molar-refractivity contribution in [1.82, 2.24) is 0 Å². The van der Waals surface area contributed by atoms with Gasteiger partial charge < -0.3 is 16.8 Å². The number of carbonyl (C=O) groups is 2. The largest absolute Gasteiger partial charge is 0.370 e. The molecule has 1 aromatic carbocycles. The first-order chi connectivity index (χ1) is 7.90. The number of rotatable bonds is 4. The quantitative estimate of drug-likeness (QED) is 0.706. The number of primary amides is 1. The van der Waals surface area contributed by atoms with Crippen LogP contribution in [0.5, 0.6) is 0 Å². The van der Waals surface area contributed by atoms with E-state index in [1.807, 2.05) is 26.0 Å². The average Bonchev–Trinajstić information content (AvgIpc) is 2.22. The van der Waals surface area contributed by atoms with Crippen molar-refractivity contribution in [3.63, 3.8) is 0 Å². The minimum Gasteiger partial charge on any atom is -0.370 e. The van der Waals surface area contributed by atoms with E-state index in [-0.39, 0.29) is 6.42 Å². The Labute approximate surface area is 100 Å². The minimum absolute atomic E-state index is 0.156. The van der Waals surface area contributed by atoms with Gasteiger partial charge >= 0.3 is 0 Å². The Balaban J connectivity index is 2.67. The van der Waals surface area contributed by atoms with Gasteiger partial charge in [-0.3, -0.25) is 9.59 Å². The van der Waals surface area contributed by atoms with Crippen LogP contribution in [0.2, 0.25) is 0 Å². The van der Waals surface area contributed by atoms with Gasteiger partial charge in [0.25, 0.3) is 0 Å². The molecule has 1 rings (SSSR count). The van der Waals surface area contributed by atoms with E-state index in [1.165, 1.54) is 0 Å². The molecule has 1 unspecified atom stereocenters. The van der Waals surface area contributed by atoms with Crippen molar-refractivity contribution in [3.8, 4) is 0 Å². The van der Waals surface area contributed by atoms with Gasteiger partial charge in [0.15, 0.2) is 0 Å². The number of hydrogen-bond donors (Lipinski definition) is 3. The summed E-state index contributed by atoms with van der Waals surface area (Å²) in [6.45, 7) is 3.94. The van der Waals surface area contributed by atoms with Crippen LogP contribution in [0.3, 0.4) is 0 Å². The summed E-state index contributed by atoms with van der Waals surface area (Å²) in [6.07, 6.45) is -0.156. The number of anilines is 1. The van der Waals surface area contributed by atoms with Crippen LogP contribution in [0.4, 0.5) is 5.69 Å². The molecule has 0 saturated heterocycles. The maximum atomic E-state index is 11.6. The van der Waals surface area contributed by atoms with Crippen molar-refractivity contribution in [2.75, 3.05) is 5.32 Å². The lowest BCUT2D eigenvalue weighted by atomic mass is 10.1. The van der Waals surface area contributed by atoms with Gasteiger partial charge in [-0.2, -0.15) is 0 Å². The molecule has 5 nitrogen and oxygen atoms in total. The number of nitrogens with two attached hydrogens (primary N) is 2. The van der Waals surface area contributed by atoms with Crippen molar-refractivity contribution in [3.05, 3.63) is 29.3 Å². The molecular formula is C12H17N3O2. The molecule has 0 heterocycles. The molecule has 0 aromatic heterocycles. The molecule has 5 N–H and O–H groups in total. The Kier molecular flexibility index (Phi) is 4.23. The molecule has 2 amide bonds. The highest BCUT2D eigenvalue weighted by Gasteiger charge is 2.15. The Morgan fingerprint density at radius 1 is 1.29 bits per heavy atom. The molecule has 0 saturated carbocycles. The Morgan fingerprint density at radius 2 is 1.94 bits per heavy atom. The van der Waals surface area contributed by atoms with Crippen LogP contribution in [0.25, 0.3) is 0 Å². The predicted molar refractivity (Wildman–Crippen MR) is 66.3 cm³/mol. The minimum atomic E-state index is -0.908. The Bertz CT molecular complexity index is 443. The van der Waals surface area contributed by atoms with Gasteiger partial charge in [0.1, 0.15) is 0 Å². The lowest BCUT2D eigenvalue weighted by molar-refractivity contribution is -0.123. The fraction of sp³-hybridized carbons (Fsp3) is 0.333. The van der Waals surface area contributed by atoms with Gasteiger partial charge in [-0.1, -0.05) is 6.07 Å². The highest BCUT2D eigenvalue weighted by Crippen LogP contribution is 2.14. The molecule has 0 radical (unpaired) electrons. The summed E-state index contributed by atoms with van der Waals surface area (Å²) in [6, 6.07) is 4.64. The second kappa shape index (κ2) is 5.45. The highest BCUT2D eigenvalue weighted by atomic mass is 16.2. The van der Waals surface area contributed by atoms with E-state index in [4.69, 9.17) is 11.5 Å². The van der Waals surface area contributed by atoms with E-state index in [0.29, 0.717) is 5.69 Å². The summed E-state index contributed by atoms with van der Waals surface area (Å²) in [7, 11) is 0. The van der Waals surface area contributed by atoms with Crippen LogP contribution < -0.4 is 16.8 Å². The third-order valence-corrected chi connectivity index (χ3v) is 2.53. The molecule has 92 valence electrons. The van der Waals surface area contributed by atoms with Crippen molar-refractivity contribution in [2.24, 2.45) is 11.5 Å². The molecule has 0 aliphatic carbocycles. The average molecular weight is 235 g/mol. The standard InChI is InChI=1S/C12H17N3O2/c1-7-3-4-9(5-8(7)2)15-12(17)10(13)6-11(14)16/h3-5,10H,6,13H2,1-2H3,(H2,14,16)(H,15,17). The van der Waals surface area contributed by atoms with Gasteiger partial charge in [-0.15, -0.1) is 0 Å². The van der Waals surface area contributed by atoms with Gasteiger partial charge in [-0.05, 0) is 37.1 Å². The fourth-order valence-corrected chi connectivity index (χ4v) is 1.36. The van der Waals surface area contributed by atoms with Crippen LogP contribution >= 0.6 is 0 Å². The van der Waals surface area contributed by atoms with Crippen LogP contribution in [-0.4, -0.2) is 17.9 Å². The summed E-state index contributed by atoms with van der Waals surface area (Å²) < 4.78 is 0. The fourth-order valence-electron chi connectivity index (χ4n) is 1.36. The first-order valence-electron chi connectivity index (χ1n) is 5.32. The topological polar surface area (TPSA) is 98.2 Å². The van der Waals surface area contributed by atoms with Crippen LogP contribution in [0.1, 0.15) is 17.5 Å². The molecule has 0 spiro atoms. The summed E-state index contributed by atoms with van der Waals surface area (Å²) >= 11 is 0. The smallest absolute Gasteiger partial charge is 0.241 e. The van der Waals surface area contributed by atoms with Gasteiger partial charge in [0.05, 0.1) is 12.5 Å². The van der Waals surface area contributed by atoms with E-state index in [9.17, 15) is 9.59 Å². The van der Waals surface area contributed by atoms with Gasteiger partial charge in [-0.25, -0.2) is 0 Å². The molecule has 17 heavy (non-hydrogen) atoms. The lowest BCUT2D eigenvalue weighted by Gasteiger charge is -2.11. The molecule has 0 aliphatic heterocycles. The molecular weight excluding hydrogens is 218 g/mol. The maximum absolute atomic E-state index is 11.6. The number of carbonyl (C=O) groups excluding carboxylic acids is 2. The molecule has 5 heteroatoms. The van der Waals surface area contributed by atoms with E-state index in [2.05, 4.69) is 5.32 Å². The molecule has 0 fully saturated rings. The van der Waals surface area contributed by atoms with Crippen molar-refractivity contribution in [2.45, 2.75) is 26.3 Å². The Morgan fingerprint density at radius 3 is 2.47 bits per heavy atom. The normalized spacial score (nSPS) is 11.9. The third kappa shape index (κ3) is 3.88. The van der Waals surface area contributed by atoms with Gasteiger partial charge in [0, 0.05) is 5.69 Å². The zero-order chi connectivity index (χ0) is 13.0. The van der Waals surface area contributed by atoms with Crippen molar-refractivity contribution >= 4 is 17.5 Å². The SMILES string of the molecule is Cc1ccc(NC(=O)C(N)CC(N)=O)cc1C. The number of aryl methyl sites for hydroxylation is 2. The molecule has 1 aromatic rings. The molecule has 1 atom stereocenters. The number of hydrogen-bond acceptors (Lipinski definition) is 3. The summed E-state index contributed by atoms with van der Waals surface area (Å²) in [5, 5.41) is 2.64. The first-order valence-corrected chi connectivity index (χ1v) is 5.32. The van der Waals surface area contributed by atoms with Crippen LogP contribution in [-0.2, 0) is 9.59 Å². The third-order valence-electron chi connectivity index (χ3n) is 2.53. The lowest BCUT2D eigenvalue weighted by Crippen LogP contribution is -2.39. The highest BCUT2D eigenvalue weighted by molar-refractivity contribution is 5.97. The van der Waals surface area contributed by atoms with Crippen LogP contribution in [0.15, 0.2) is 18.2 Å². The second-order valence-corrected chi connectivity index (χ2v) is 4.07. The number of nitrogens with one attached hydrogen (secondary N) is 1. The molecule has 0 aliphatic rings. The summed E-state index contributed by atoms with van der Waals surface area (Å²) in [5.74, 6) is -1.00. The number of benzene rings is 1. The monoisotopic (exact) mass is 235 g/mol. The summed E-state index contributed by atoms with van der Waals surface area (Å²) in [4.78, 5) is 22.2. The van der Waals surface area contributed by atoms with E-state index >= 15 is 0 Å².